The fourth-order valence-electron chi connectivity index (χ4n) is 0.700. The van der Waals surface area contributed by atoms with E-state index in [-0.39, 0.29) is 12.1 Å². The maximum atomic E-state index is 10.6. The van der Waals surface area contributed by atoms with Crippen molar-refractivity contribution in [3.05, 3.63) is 12.7 Å². The molecule has 0 bridgehead atoms. The highest BCUT2D eigenvalue weighted by molar-refractivity contribution is 5.67. The van der Waals surface area contributed by atoms with Crippen LogP contribution in [0.3, 0.4) is 0 Å². The topological polar surface area (TPSA) is 38.3 Å². The van der Waals surface area contributed by atoms with Crippen molar-refractivity contribution in [1.29, 1.82) is 0 Å². The molecule has 0 aliphatic carbocycles. The van der Waals surface area contributed by atoms with E-state index in [1.807, 2.05) is 13.0 Å². The first-order chi connectivity index (χ1) is 5.20. The molecule has 11 heavy (non-hydrogen) atoms. The third-order valence-corrected chi connectivity index (χ3v) is 1.35. The van der Waals surface area contributed by atoms with E-state index >= 15 is 0 Å². The second-order valence-electron chi connectivity index (χ2n) is 2.40. The van der Waals surface area contributed by atoms with Crippen molar-refractivity contribution in [3.63, 3.8) is 0 Å². The lowest BCUT2D eigenvalue weighted by Crippen LogP contribution is -2.32. The van der Waals surface area contributed by atoms with Crippen molar-refractivity contribution in [2.24, 2.45) is 0 Å². The largest absolute Gasteiger partial charge is 0.453 e. The minimum absolute atomic E-state index is 0.153. The summed E-state index contributed by atoms with van der Waals surface area (Å²) in [6.45, 7) is 5.52. The van der Waals surface area contributed by atoms with Gasteiger partial charge in [-0.2, -0.15) is 0 Å². The van der Waals surface area contributed by atoms with Gasteiger partial charge in [0.25, 0.3) is 0 Å². The van der Waals surface area contributed by atoms with Crippen LogP contribution in [0.15, 0.2) is 12.7 Å². The number of alkyl carbamates (subject to hydrolysis) is 1. The van der Waals surface area contributed by atoms with Crippen LogP contribution in [0, 0.1) is 0 Å². The first kappa shape index (κ1) is 10.0. The van der Waals surface area contributed by atoms with Crippen LogP contribution in [0.5, 0.6) is 0 Å². The summed E-state index contributed by atoms with van der Waals surface area (Å²) in [6, 6.07) is 0.153. The normalized spacial score (nSPS) is 11.8. The minimum Gasteiger partial charge on any atom is -0.453 e. The number of hydrogen-bond acceptors (Lipinski definition) is 2. The summed E-state index contributed by atoms with van der Waals surface area (Å²) in [5, 5.41) is 2.66. The Bertz CT molecular complexity index is 134. The number of hydrogen-bond donors (Lipinski definition) is 1. The Morgan fingerprint density at radius 2 is 2.45 bits per heavy atom. The first-order valence-electron chi connectivity index (χ1n) is 3.66. The number of amides is 1. The second-order valence-corrected chi connectivity index (χ2v) is 2.40. The lowest BCUT2D eigenvalue weighted by atomic mass is 10.2. The monoisotopic (exact) mass is 157 g/mol. The van der Waals surface area contributed by atoms with Crippen LogP contribution in [0.2, 0.25) is 0 Å². The fraction of sp³-hybridized carbons (Fsp3) is 0.625. The SMILES string of the molecule is C=CCCC(C)NC(=O)OC. The molecule has 1 unspecified atom stereocenters. The molecular weight excluding hydrogens is 142 g/mol. The summed E-state index contributed by atoms with van der Waals surface area (Å²) >= 11 is 0. The zero-order valence-electron chi connectivity index (χ0n) is 7.09. The first-order valence-corrected chi connectivity index (χ1v) is 3.66. The molecule has 0 rings (SSSR count). The quantitative estimate of drug-likeness (QED) is 0.631. The van der Waals surface area contributed by atoms with Gasteiger partial charge < -0.3 is 10.1 Å². The highest BCUT2D eigenvalue weighted by atomic mass is 16.5. The smallest absolute Gasteiger partial charge is 0.407 e. The van der Waals surface area contributed by atoms with Gasteiger partial charge in [0.05, 0.1) is 7.11 Å². The van der Waals surface area contributed by atoms with E-state index in [9.17, 15) is 4.79 Å². The molecule has 3 nitrogen and oxygen atoms in total. The summed E-state index contributed by atoms with van der Waals surface area (Å²) in [5.74, 6) is 0. The maximum absolute atomic E-state index is 10.6. The molecule has 0 fully saturated rings. The van der Waals surface area contributed by atoms with Crippen molar-refractivity contribution in [2.75, 3.05) is 7.11 Å². The third kappa shape index (κ3) is 5.45. The van der Waals surface area contributed by atoms with Crippen molar-refractivity contribution in [2.45, 2.75) is 25.8 Å². The molecule has 0 radical (unpaired) electrons. The maximum Gasteiger partial charge on any atom is 0.407 e. The zero-order chi connectivity index (χ0) is 8.69. The Morgan fingerprint density at radius 3 is 2.91 bits per heavy atom. The van der Waals surface area contributed by atoms with Gasteiger partial charge in [0.15, 0.2) is 0 Å². The second kappa shape index (κ2) is 5.77. The van der Waals surface area contributed by atoms with Crippen LogP contribution < -0.4 is 5.32 Å². The van der Waals surface area contributed by atoms with Gasteiger partial charge in [-0.1, -0.05) is 6.08 Å². The molecule has 1 amide bonds. The van der Waals surface area contributed by atoms with E-state index < -0.39 is 0 Å². The van der Waals surface area contributed by atoms with Crippen LogP contribution in [-0.2, 0) is 4.74 Å². The van der Waals surface area contributed by atoms with Gasteiger partial charge in [0, 0.05) is 6.04 Å². The number of carbonyl (C=O) groups is 1. The van der Waals surface area contributed by atoms with E-state index in [1.165, 1.54) is 7.11 Å². The molecule has 64 valence electrons. The number of methoxy groups -OCH3 is 1. The molecule has 1 atom stereocenters. The molecule has 0 aromatic rings. The molecule has 1 N–H and O–H groups in total. The molecule has 0 spiro atoms. The summed E-state index contributed by atoms with van der Waals surface area (Å²) in [4.78, 5) is 10.6. The molecule has 3 heteroatoms. The van der Waals surface area contributed by atoms with Gasteiger partial charge in [-0.15, -0.1) is 6.58 Å². The molecule has 0 saturated carbocycles. The molecule has 0 aliphatic rings. The summed E-state index contributed by atoms with van der Waals surface area (Å²) in [5.41, 5.74) is 0. The molecule has 0 aromatic carbocycles. The van der Waals surface area contributed by atoms with Gasteiger partial charge in [-0.3, -0.25) is 0 Å². The number of carbonyl (C=O) groups excluding carboxylic acids is 1. The number of rotatable bonds is 4. The Labute approximate surface area is 67.4 Å². The molecule has 0 aliphatic heterocycles. The summed E-state index contributed by atoms with van der Waals surface area (Å²) in [6.07, 6.45) is 3.26. The highest BCUT2D eigenvalue weighted by Crippen LogP contribution is 1.96. The lowest BCUT2D eigenvalue weighted by Gasteiger charge is -2.10. The van der Waals surface area contributed by atoms with Gasteiger partial charge in [-0.05, 0) is 19.8 Å². The average Bonchev–Trinajstić information content (AvgIpc) is 2.00. The molecule has 0 saturated heterocycles. The predicted octanol–water partition coefficient (Wildman–Crippen LogP) is 1.70. The van der Waals surface area contributed by atoms with Crippen molar-refractivity contribution in [1.82, 2.24) is 5.32 Å². The zero-order valence-corrected chi connectivity index (χ0v) is 7.09. The van der Waals surface area contributed by atoms with Crippen LogP contribution in [0.4, 0.5) is 4.79 Å². The minimum atomic E-state index is -0.374. The van der Waals surface area contributed by atoms with Gasteiger partial charge in [0.2, 0.25) is 0 Å². The van der Waals surface area contributed by atoms with Crippen LogP contribution in [0.25, 0.3) is 0 Å². The Hall–Kier alpha value is -0.990. The van der Waals surface area contributed by atoms with E-state index in [1.54, 1.807) is 0 Å². The number of nitrogens with one attached hydrogen (secondary N) is 1. The van der Waals surface area contributed by atoms with E-state index in [0.717, 1.165) is 12.8 Å². The summed E-state index contributed by atoms with van der Waals surface area (Å²) < 4.78 is 4.42. The van der Waals surface area contributed by atoms with Gasteiger partial charge in [0.1, 0.15) is 0 Å². The van der Waals surface area contributed by atoms with Crippen LogP contribution >= 0.6 is 0 Å². The Kier molecular flexibility index (Phi) is 5.25. The number of allylic oxidation sites excluding steroid dienone is 1. The standard InChI is InChI=1S/C8H15NO2/c1-4-5-6-7(2)9-8(10)11-3/h4,7H,1,5-6H2,2-3H3,(H,9,10). The van der Waals surface area contributed by atoms with Crippen molar-refractivity contribution >= 4 is 6.09 Å². The Morgan fingerprint density at radius 1 is 1.82 bits per heavy atom. The molecule has 0 heterocycles. The number of ether oxygens (including phenoxy) is 1. The average molecular weight is 157 g/mol. The van der Waals surface area contributed by atoms with E-state index in [0.29, 0.717) is 0 Å². The summed E-state index contributed by atoms with van der Waals surface area (Å²) in [7, 11) is 1.36. The lowest BCUT2D eigenvalue weighted by molar-refractivity contribution is 0.167. The predicted molar refractivity (Wildman–Crippen MR) is 44.4 cm³/mol. The Balaban J connectivity index is 3.42. The fourth-order valence-corrected chi connectivity index (χ4v) is 0.700. The van der Waals surface area contributed by atoms with E-state index in [4.69, 9.17) is 0 Å². The highest BCUT2D eigenvalue weighted by Gasteiger charge is 2.04. The third-order valence-electron chi connectivity index (χ3n) is 1.35. The molecular formula is C8H15NO2. The van der Waals surface area contributed by atoms with Gasteiger partial charge >= 0.3 is 6.09 Å². The van der Waals surface area contributed by atoms with E-state index in [2.05, 4.69) is 16.6 Å². The van der Waals surface area contributed by atoms with Crippen LogP contribution in [0.1, 0.15) is 19.8 Å². The van der Waals surface area contributed by atoms with Crippen molar-refractivity contribution < 1.29 is 9.53 Å². The van der Waals surface area contributed by atoms with Gasteiger partial charge in [-0.25, -0.2) is 4.79 Å². The van der Waals surface area contributed by atoms with Crippen molar-refractivity contribution in [3.8, 4) is 0 Å². The van der Waals surface area contributed by atoms with Crippen LogP contribution in [-0.4, -0.2) is 19.2 Å². The molecule has 0 aromatic heterocycles.